The summed E-state index contributed by atoms with van der Waals surface area (Å²) in [5.41, 5.74) is -2.85. The van der Waals surface area contributed by atoms with Gasteiger partial charge in [-0.3, -0.25) is 9.69 Å². The van der Waals surface area contributed by atoms with Gasteiger partial charge in [-0.15, -0.1) is 0 Å². The van der Waals surface area contributed by atoms with Crippen LogP contribution < -0.4 is 0 Å². The van der Waals surface area contributed by atoms with Crippen LogP contribution in [-0.2, 0) is 12.4 Å². The van der Waals surface area contributed by atoms with Crippen molar-refractivity contribution in [2.75, 3.05) is 37.7 Å². The Hall–Kier alpha value is -1.62. The highest BCUT2D eigenvalue weighted by Crippen LogP contribution is 2.38. The van der Waals surface area contributed by atoms with E-state index in [1.54, 1.807) is 18.2 Å². The first-order valence-corrected chi connectivity index (χ1v) is 13.1. The number of alkyl halides is 6. The number of benzene rings is 2. The van der Waals surface area contributed by atoms with Gasteiger partial charge in [0.25, 0.3) is 5.91 Å². The highest BCUT2D eigenvalue weighted by Gasteiger charge is 2.40. The summed E-state index contributed by atoms with van der Waals surface area (Å²) in [5.74, 6) is 0.799. The van der Waals surface area contributed by atoms with Crippen molar-refractivity contribution in [3.8, 4) is 0 Å². The Bertz CT molecular complexity index is 1090. The number of hydrogen-bond donors (Lipinski definition) is 0. The van der Waals surface area contributed by atoms with Crippen LogP contribution in [0.5, 0.6) is 0 Å². The highest BCUT2D eigenvalue weighted by atomic mass is 35.5. The third-order valence-electron chi connectivity index (χ3n) is 6.58. The molecule has 0 spiro atoms. The number of carbonyl (C=O) groups is 1. The molecule has 0 aromatic heterocycles. The average molecular weight is 571 g/mol. The van der Waals surface area contributed by atoms with E-state index in [1.807, 2.05) is 11.8 Å². The van der Waals surface area contributed by atoms with Crippen molar-refractivity contribution in [1.29, 1.82) is 0 Å². The van der Waals surface area contributed by atoms with Gasteiger partial charge in [0.05, 0.1) is 21.2 Å². The minimum Gasteiger partial charge on any atom is -0.338 e. The molecule has 2 aromatic rings. The molecule has 2 unspecified atom stereocenters. The molecule has 3 nitrogen and oxygen atoms in total. The molecule has 2 fully saturated rings. The average Bonchev–Trinajstić information content (AvgIpc) is 2.84. The van der Waals surface area contributed by atoms with Gasteiger partial charge in [0, 0.05) is 55.2 Å². The maximum absolute atomic E-state index is 13.3. The van der Waals surface area contributed by atoms with Crippen LogP contribution in [0.2, 0.25) is 10.0 Å². The largest absolute Gasteiger partial charge is 0.416 e. The van der Waals surface area contributed by atoms with Crippen molar-refractivity contribution < 1.29 is 31.1 Å². The lowest BCUT2D eigenvalue weighted by Gasteiger charge is -2.45. The fourth-order valence-corrected chi connectivity index (χ4v) is 6.04. The number of amides is 1. The first kappa shape index (κ1) is 27.4. The van der Waals surface area contributed by atoms with E-state index in [2.05, 4.69) is 4.90 Å². The number of hydrogen-bond acceptors (Lipinski definition) is 3. The maximum atomic E-state index is 13.3. The summed E-state index contributed by atoms with van der Waals surface area (Å²) < 4.78 is 80.0. The first-order valence-electron chi connectivity index (χ1n) is 11.2. The van der Waals surface area contributed by atoms with Crippen LogP contribution in [0.25, 0.3) is 0 Å². The second kappa shape index (κ2) is 10.6. The van der Waals surface area contributed by atoms with Crippen LogP contribution in [0.15, 0.2) is 36.4 Å². The summed E-state index contributed by atoms with van der Waals surface area (Å²) in [6.07, 6.45) is -9.54. The van der Waals surface area contributed by atoms with E-state index in [0.717, 1.165) is 30.2 Å². The van der Waals surface area contributed by atoms with Crippen molar-refractivity contribution in [2.24, 2.45) is 0 Å². The maximum Gasteiger partial charge on any atom is 0.416 e. The zero-order valence-corrected chi connectivity index (χ0v) is 21.1. The Morgan fingerprint density at radius 1 is 0.861 bits per heavy atom. The van der Waals surface area contributed by atoms with Crippen LogP contribution in [0.3, 0.4) is 0 Å². The Labute approximate surface area is 218 Å². The zero-order valence-electron chi connectivity index (χ0n) is 18.8. The minimum absolute atomic E-state index is 0.0237. The second-order valence-electron chi connectivity index (χ2n) is 8.83. The van der Waals surface area contributed by atoms with Crippen LogP contribution in [-0.4, -0.2) is 59.4 Å². The van der Waals surface area contributed by atoms with E-state index >= 15 is 0 Å². The molecule has 1 amide bonds. The molecule has 0 bridgehead atoms. The zero-order chi connectivity index (χ0) is 26.3. The molecule has 36 heavy (non-hydrogen) atoms. The number of nitrogens with zero attached hydrogens (tertiary/aromatic N) is 2. The molecular weight excluding hydrogens is 549 g/mol. The second-order valence-corrected chi connectivity index (χ2v) is 10.9. The van der Waals surface area contributed by atoms with Gasteiger partial charge in [-0.25, -0.2) is 0 Å². The molecule has 4 rings (SSSR count). The number of piperidine rings is 1. The van der Waals surface area contributed by atoms with E-state index in [4.69, 9.17) is 23.2 Å². The Balaban J connectivity index is 1.67. The molecular formula is C24H22Cl2F6N2OS. The summed E-state index contributed by atoms with van der Waals surface area (Å²) in [6, 6.07) is 6.19. The van der Waals surface area contributed by atoms with Crippen LogP contribution in [0.4, 0.5) is 26.3 Å². The van der Waals surface area contributed by atoms with Gasteiger partial charge in [-0.05, 0) is 42.3 Å². The number of likely N-dealkylation sites (tertiary alicyclic amines) is 1. The van der Waals surface area contributed by atoms with Gasteiger partial charge in [0.1, 0.15) is 0 Å². The first-order chi connectivity index (χ1) is 16.8. The summed E-state index contributed by atoms with van der Waals surface area (Å²) in [6.45, 7) is 2.04. The smallest absolute Gasteiger partial charge is 0.338 e. The molecule has 2 saturated heterocycles. The third kappa shape index (κ3) is 6.09. The van der Waals surface area contributed by atoms with E-state index in [0.29, 0.717) is 28.6 Å². The molecule has 0 aliphatic carbocycles. The van der Waals surface area contributed by atoms with Crippen molar-refractivity contribution in [3.05, 3.63) is 68.7 Å². The van der Waals surface area contributed by atoms with Gasteiger partial charge in [-0.2, -0.15) is 38.1 Å². The topological polar surface area (TPSA) is 23.6 Å². The molecule has 2 aliphatic heterocycles. The fourth-order valence-electron chi connectivity index (χ4n) is 4.80. The van der Waals surface area contributed by atoms with Crippen molar-refractivity contribution in [2.45, 2.75) is 30.7 Å². The standard InChI is InChI=1S/C24H22Cl2F6N2OS/c25-19-2-1-14(11-20(19)26)18-13-34(4-3-21(18)33-5-7-36-8-6-33)22(35)15-9-16(23(27,28)29)12-17(10-15)24(30,31)32/h1-2,9-12,18,21H,3-8,13H2. The van der Waals surface area contributed by atoms with Crippen molar-refractivity contribution >= 4 is 40.9 Å². The van der Waals surface area contributed by atoms with Gasteiger partial charge in [0.15, 0.2) is 0 Å². The molecule has 2 atom stereocenters. The monoisotopic (exact) mass is 570 g/mol. The van der Waals surface area contributed by atoms with Crippen LogP contribution >= 0.6 is 35.0 Å². The lowest BCUT2D eigenvalue weighted by Crippen LogP contribution is -2.53. The lowest BCUT2D eigenvalue weighted by atomic mass is 9.84. The Morgan fingerprint density at radius 2 is 1.47 bits per heavy atom. The molecule has 0 saturated carbocycles. The van der Waals surface area contributed by atoms with Crippen molar-refractivity contribution in [1.82, 2.24) is 9.80 Å². The van der Waals surface area contributed by atoms with Gasteiger partial charge < -0.3 is 4.90 Å². The SMILES string of the molecule is O=C(c1cc(C(F)(F)F)cc(C(F)(F)F)c1)N1CCC(N2CCSCC2)C(c2ccc(Cl)c(Cl)c2)C1. The summed E-state index contributed by atoms with van der Waals surface area (Å²) in [5, 5.41) is 0.692. The highest BCUT2D eigenvalue weighted by molar-refractivity contribution is 7.99. The summed E-state index contributed by atoms with van der Waals surface area (Å²) in [7, 11) is 0. The van der Waals surface area contributed by atoms with Gasteiger partial charge in [0.2, 0.25) is 0 Å². The third-order valence-corrected chi connectivity index (χ3v) is 8.27. The number of halogens is 8. The molecule has 0 radical (unpaired) electrons. The molecule has 196 valence electrons. The number of carbonyl (C=O) groups excluding carboxylic acids is 1. The van der Waals surface area contributed by atoms with E-state index in [-0.39, 0.29) is 31.1 Å². The van der Waals surface area contributed by atoms with Crippen molar-refractivity contribution in [3.63, 3.8) is 0 Å². The van der Waals surface area contributed by atoms with Gasteiger partial charge >= 0.3 is 12.4 Å². The Morgan fingerprint density at radius 3 is 2.03 bits per heavy atom. The van der Waals surface area contributed by atoms with Crippen LogP contribution in [0, 0.1) is 0 Å². The predicted molar refractivity (Wildman–Crippen MR) is 129 cm³/mol. The Kier molecular flexibility index (Phi) is 8.09. The molecule has 2 heterocycles. The van der Waals surface area contributed by atoms with E-state index < -0.39 is 35.0 Å². The van der Waals surface area contributed by atoms with E-state index in [1.165, 1.54) is 4.90 Å². The fraction of sp³-hybridized carbons (Fsp3) is 0.458. The molecule has 12 heteroatoms. The predicted octanol–water partition coefficient (Wildman–Crippen LogP) is 7.08. The van der Waals surface area contributed by atoms with E-state index in [9.17, 15) is 31.1 Å². The quantitative estimate of drug-likeness (QED) is 0.368. The minimum atomic E-state index is -5.03. The number of rotatable bonds is 3. The lowest BCUT2D eigenvalue weighted by molar-refractivity contribution is -0.143. The molecule has 2 aliphatic rings. The summed E-state index contributed by atoms with van der Waals surface area (Å²) >= 11 is 14.2. The summed E-state index contributed by atoms with van der Waals surface area (Å²) in [4.78, 5) is 16.9. The van der Waals surface area contributed by atoms with Gasteiger partial charge in [-0.1, -0.05) is 29.3 Å². The molecule has 0 N–H and O–H groups in total. The molecule has 2 aromatic carbocycles. The van der Waals surface area contributed by atoms with Crippen LogP contribution in [0.1, 0.15) is 39.4 Å². The normalized spacial score (nSPS) is 22.1. The number of thioether (sulfide) groups is 1.